The Morgan fingerprint density at radius 1 is 1.18 bits per heavy atom. The lowest BCUT2D eigenvalue weighted by atomic mass is 10.1. The monoisotopic (exact) mass is 296 g/mol. The summed E-state index contributed by atoms with van der Waals surface area (Å²) in [6.45, 7) is 3.13. The molecule has 0 radical (unpaired) electrons. The van der Waals surface area contributed by atoms with Crippen LogP contribution < -0.4 is 14.5 Å². The van der Waals surface area contributed by atoms with Crippen LogP contribution in [-0.4, -0.2) is 33.2 Å². The minimum Gasteiger partial charge on any atom is -0.490 e. The molecule has 114 valence electrons. The average molecular weight is 296 g/mol. The number of carbonyl (C=O) groups excluding carboxylic acids is 1. The van der Waals surface area contributed by atoms with Crippen LogP contribution in [0.2, 0.25) is 0 Å². The Labute approximate surface area is 130 Å². The molecule has 0 aromatic heterocycles. The third-order valence-corrected chi connectivity index (χ3v) is 3.90. The van der Waals surface area contributed by atoms with Crippen molar-refractivity contribution in [3.63, 3.8) is 0 Å². The number of nitrogens with zero attached hydrogens (tertiary/aromatic N) is 2. The van der Waals surface area contributed by atoms with E-state index in [0.29, 0.717) is 18.7 Å². The summed E-state index contributed by atoms with van der Waals surface area (Å²) >= 11 is 0. The van der Waals surface area contributed by atoms with Gasteiger partial charge < -0.3 is 14.5 Å². The summed E-state index contributed by atoms with van der Waals surface area (Å²) in [5.74, 6) is 0.785. The molecule has 2 aromatic carbocycles. The van der Waals surface area contributed by atoms with Gasteiger partial charge in [0.15, 0.2) is 0 Å². The first-order valence-corrected chi connectivity index (χ1v) is 7.39. The normalized spacial score (nSPS) is 13.3. The second-order valence-corrected chi connectivity index (χ2v) is 5.67. The number of carbonyl (C=O) groups is 1. The van der Waals surface area contributed by atoms with E-state index >= 15 is 0 Å². The number of anilines is 2. The highest BCUT2D eigenvalue weighted by Gasteiger charge is 2.24. The first-order valence-electron chi connectivity index (χ1n) is 7.39. The van der Waals surface area contributed by atoms with Crippen molar-refractivity contribution in [2.45, 2.75) is 6.92 Å². The maximum atomic E-state index is 12.9. The quantitative estimate of drug-likeness (QED) is 0.853. The van der Waals surface area contributed by atoms with Crippen LogP contribution >= 0.6 is 0 Å². The van der Waals surface area contributed by atoms with Gasteiger partial charge >= 0.3 is 0 Å². The molecule has 1 amide bonds. The van der Waals surface area contributed by atoms with E-state index < -0.39 is 0 Å². The second-order valence-electron chi connectivity index (χ2n) is 5.67. The Bertz CT molecular complexity index is 710. The van der Waals surface area contributed by atoms with Crippen LogP contribution in [0.1, 0.15) is 15.9 Å². The van der Waals surface area contributed by atoms with Crippen LogP contribution in [0.3, 0.4) is 0 Å². The fraction of sp³-hybridized carbons (Fsp3) is 0.278. The Hall–Kier alpha value is -2.49. The number of ether oxygens (including phenoxy) is 1. The number of para-hydroxylation sites is 2. The number of fused-ring (bicyclic) bond motifs is 1. The SMILES string of the molecule is Cc1cc(C(=O)N2CCOc3ccccc32)ccc1N(C)C. The van der Waals surface area contributed by atoms with E-state index in [1.54, 1.807) is 4.90 Å². The van der Waals surface area contributed by atoms with E-state index in [-0.39, 0.29) is 5.91 Å². The van der Waals surface area contributed by atoms with Gasteiger partial charge in [0.2, 0.25) is 0 Å². The maximum absolute atomic E-state index is 12.9. The number of hydrogen-bond acceptors (Lipinski definition) is 3. The fourth-order valence-electron chi connectivity index (χ4n) is 2.83. The van der Waals surface area contributed by atoms with Gasteiger partial charge in [0.1, 0.15) is 12.4 Å². The summed E-state index contributed by atoms with van der Waals surface area (Å²) in [5.41, 5.74) is 3.77. The third-order valence-electron chi connectivity index (χ3n) is 3.90. The van der Waals surface area contributed by atoms with Crippen molar-refractivity contribution < 1.29 is 9.53 Å². The zero-order valence-corrected chi connectivity index (χ0v) is 13.2. The molecule has 0 spiro atoms. The fourth-order valence-corrected chi connectivity index (χ4v) is 2.83. The number of rotatable bonds is 2. The zero-order chi connectivity index (χ0) is 15.7. The molecule has 0 atom stereocenters. The van der Waals surface area contributed by atoms with Crippen molar-refractivity contribution in [2.75, 3.05) is 37.0 Å². The molecule has 0 saturated heterocycles. The molecule has 0 saturated carbocycles. The minimum absolute atomic E-state index is 0.0177. The molecule has 2 aromatic rings. The lowest BCUT2D eigenvalue weighted by Crippen LogP contribution is -2.38. The third kappa shape index (κ3) is 2.52. The molecule has 1 aliphatic rings. The Kier molecular flexibility index (Phi) is 3.75. The highest BCUT2D eigenvalue weighted by Crippen LogP contribution is 2.32. The van der Waals surface area contributed by atoms with Gasteiger partial charge in [-0.05, 0) is 42.8 Å². The highest BCUT2D eigenvalue weighted by atomic mass is 16.5. The highest BCUT2D eigenvalue weighted by molar-refractivity contribution is 6.07. The molecule has 0 aliphatic carbocycles. The first-order chi connectivity index (χ1) is 10.6. The van der Waals surface area contributed by atoms with Crippen molar-refractivity contribution in [3.05, 3.63) is 53.6 Å². The lowest BCUT2D eigenvalue weighted by Gasteiger charge is -2.29. The molecule has 1 aliphatic heterocycles. The standard InChI is InChI=1S/C18H20N2O2/c1-13-12-14(8-9-15(13)19(2)3)18(21)20-10-11-22-17-7-5-4-6-16(17)20/h4-9,12H,10-11H2,1-3H3. The van der Waals surface area contributed by atoms with Crippen molar-refractivity contribution >= 4 is 17.3 Å². The van der Waals surface area contributed by atoms with Crippen molar-refractivity contribution in [2.24, 2.45) is 0 Å². The number of aryl methyl sites for hydroxylation is 1. The molecule has 0 unspecified atom stereocenters. The largest absolute Gasteiger partial charge is 0.490 e. The molecule has 4 heteroatoms. The summed E-state index contributed by atoms with van der Waals surface area (Å²) in [7, 11) is 4.00. The number of amides is 1. The van der Waals surface area contributed by atoms with Crippen LogP contribution in [0.4, 0.5) is 11.4 Å². The lowest BCUT2D eigenvalue weighted by molar-refractivity contribution is 0.0976. The van der Waals surface area contributed by atoms with E-state index in [2.05, 4.69) is 0 Å². The van der Waals surface area contributed by atoms with Crippen molar-refractivity contribution in [3.8, 4) is 5.75 Å². The van der Waals surface area contributed by atoms with Gasteiger partial charge in [0, 0.05) is 25.3 Å². The van der Waals surface area contributed by atoms with Crippen LogP contribution in [0.5, 0.6) is 5.75 Å². The van der Waals surface area contributed by atoms with Gasteiger partial charge in [-0.25, -0.2) is 0 Å². The van der Waals surface area contributed by atoms with Gasteiger partial charge in [-0.2, -0.15) is 0 Å². The summed E-state index contributed by atoms with van der Waals surface area (Å²) in [4.78, 5) is 16.7. The summed E-state index contributed by atoms with van der Waals surface area (Å²) in [5, 5.41) is 0. The van der Waals surface area contributed by atoms with E-state index in [0.717, 1.165) is 22.7 Å². The van der Waals surface area contributed by atoms with Gasteiger partial charge in [0.25, 0.3) is 5.91 Å². The summed E-state index contributed by atoms with van der Waals surface area (Å²) < 4.78 is 5.61. The predicted octanol–water partition coefficient (Wildman–Crippen LogP) is 3.10. The van der Waals surface area contributed by atoms with Gasteiger partial charge in [-0.15, -0.1) is 0 Å². The predicted molar refractivity (Wildman–Crippen MR) is 89.1 cm³/mol. The molecule has 0 fully saturated rings. The Balaban J connectivity index is 1.94. The zero-order valence-electron chi connectivity index (χ0n) is 13.2. The summed E-state index contributed by atoms with van der Waals surface area (Å²) in [6.07, 6.45) is 0. The molecule has 1 heterocycles. The Morgan fingerprint density at radius 3 is 2.68 bits per heavy atom. The molecule has 3 rings (SSSR count). The smallest absolute Gasteiger partial charge is 0.258 e. The van der Waals surface area contributed by atoms with Gasteiger partial charge in [0.05, 0.1) is 12.2 Å². The van der Waals surface area contributed by atoms with E-state index in [9.17, 15) is 4.79 Å². The van der Waals surface area contributed by atoms with Crippen molar-refractivity contribution in [1.82, 2.24) is 0 Å². The van der Waals surface area contributed by atoms with Crippen LogP contribution in [0, 0.1) is 6.92 Å². The van der Waals surface area contributed by atoms with Crippen LogP contribution in [-0.2, 0) is 0 Å². The number of hydrogen-bond donors (Lipinski definition) is 0. The average Bonchev–Trinajstić information content (AvgIpc) is 2.53. The summed E-state index contributed by atoms with van der Waals surface area (Å²) in [6, 6.07) is 13.5. The van der Waals surface area contributed by atoms with Gasteiger partial charge in [-0.3, -0.25) is 4.79 Å². The maximum Gasteiger partial charge on any atom is 0.258 e. The Morgan fingerprint density at radius 2 is 1.95 bits per heavy atom. The minimum atomic E-state index is 0.0177. The van der Waals surface area contributed by atoms with E-state index in [1.165, 1.54) is 0 Å². The van der Waals surface area contributed by atoms with Crippen molar-refractivity contribution in [1.29, 1.82) is 0 Å². The number of benzene rings is 2. The van der Waals surface area contributed by atoms with Crippen LogP contribution in [0.15, 0.2) is 42.5 Å². The van der Waals surface area contributed by atoms with Gasteiger partial charge in [-0.1, -0.05) is 12.1 Å². The molecular formula is C18H20N2O2. The van der Waals surface area contributed by atoms with E-state index in [4.69, 9.17) is 4.74 Å². The molecule has 0 bridgehead atoms. The molecule has 22 heavy (non-hydrogen) atoms. The van der Waals surface area contributed by atoms with Crippen LogP contribution in [0.25, 0.3) is 0 Å². The molecule has 4 nitrogen and oxygen atoms in total. The first kappa shape index (κ1) is 14.4. The topological polar surface area (TPSA) is 32.8 Å². The van der Waals surface area contributed by atoms with E-state index in [1.807, 2.05) is 68.4 Å². The molecular weight excluding hydrogens is 276 g/mol. The second kappa shape index (κ2) is 5.72. The molecule has 0 N–H and O–H groups in total.